The Balaban J connectivity index is 1.19. The van der Waals surface area contributed by atoms with Crippen LogP contribution in [0.1, 0.15) is 32.1 Å². The molecule has 7 heteroatoms. The second-order valence-electron chi connectivity index (χ2n) is 10.5. The van der Waals surface area contributed by atoms with Gasteiger partial charge in [0.1, 0.15) is 11.4 Å². The van der Waals surface area contributed by atoms with Gasteiger partial charge in [-0.25, -0.2) is 0 Å². The second kappa shape index (κ2) is 12.7. The fourth-order valence-corrected chi connectivity index (χ4v) is 6.42. The summed E-state index contributed by atoms with van der Waals surface area (Å²) in [7, 11) is 1.67. The minimum absolute atomic E-state index is 0.100. The number of benzene rings is 3. The van der Waals surface area contributed by atoms with Crippen molar-refractivity contribution in [2.24, 2.45) is 0 Å². The van der Waals surface area contributed by atoms with E-state index in [2.05, 4.69) is 70.1 Å². The number of hydrogen-bond donors (Lipinski definition) is 0. The van der Waals surface area contributed by atoms with Crippen molar-refractivity contribution in [2.45, 2.75) is 26.3 Å². The molecule has 1 fully saturated rings. The number of thiophene rings is 1. The van der Waals surface area contributed by atoms with Crippen LogP contribution in [0.3, 0.4) is 0 Å². The van der Waals surface area contributed by atoms with Crippen LogP contribution in [0.5, 0.6) is 5.75 Å². The van der Waals surface area contributed by atoms with Crippen molar-refractivity contribution in [1.29, 1.82) is 0 Å². The molecule has 0 atom stereocenters. The Bertz CT molecular complexity index is 1570. The molecule has 0 saturated carbocycles. The van der Waals surface area contributed by atoms with Gasteiger partial charge in [-0.15, -0.1) is 11.3 Å². The van der Waals surface area contributed by atoms with Gasteiger partial charge in [0.2, 0.25) is 0 Å². The third-order valence-corrected chi connectivity index (χ3v) is 8.67. The van der Waals surface area contributed by atoms with Crippen molar-refractivity contribution < 1.29 is 14.3 Å². The monoisotopic (exact) mass is 565 g/mol. The topological polar surface area (TPSA) is 46.9 Å². The zero-order valence-corrected chi connectivity index (χ0v) is 24.2. The molecule has 0 aliphatic carbocycles. The fraction of sp³-hybridized carbons (Fsp3) is 0.265. The summed E-state index contributed by atoms with van der Waals surface area (Å²) in [5.41, 5.74) is 5.42. The molecule has 1 aliphatic rings. The number of carbonyl (C=O) groups excluding carboxylic acids is 1. The summed E-state index contributed by atoms with van der Waals surface area (Å²) < 4.78 is 14.7. The number of carbonyl (C=O) groups is 1. The van der Waals surface area contributed by atoms with Gasteiger partial charge >= 0.3 is 0 Å². The van der Waals surface area contributed by atoms with Gasteiger partial charge < -0.3 is 18.9 Å². The summed E-state index contributed by atoms with van der Waals surface area (Å²) in [6.07, 6.45) is 0. The number of amides is 1. The molecule has 210 valence electrons. The van der Waals surface area contributed by atoms with E-state index in [0.717, 1.165) is 70.4 Å². The maximum Gasteiger partial charge on any atom is 0.270 e. The van der Waals surface area contributed by atoms with Gasteiger partial charge in [-0.3, -0.25) is 9.69 Å². The van der Waals surface area contributed by atoms with Crippen LogP contribution in [0, 0.1) is 0 Å². The first-order valence-corrected chi connectivity index (χ1v) is 14.9. The van der Waals surface area contributed by atoms with Crippen LogP contribution < -0.4 is 4.74 Å². The van der Waals surface area contributed by atoms with Gasteiger partial charge in [0, 0.05) is 44.1 Å². The summed E-state index contributed by atoms with van der Waals surface area (Å²) in [4.78, 5) is 19.5. The number of fused-ring (bicyclic) bond motifs is 1. The van der Waals surface area contributed by atoms with Crippen molar-refractivity contribution in [3.63, 3.8) is 0 Å². The Morgan fingerprint density at radius 2 is 1.41 bits per heavy atom. The van der Waals surface area contributed by atoms with Gasteiger partial charge in [-0.2, -0.15) is 0 Å². The van der Waals surface area contributed by atoms with Gasteiger partial charge in [-0.05, 0) is 41.0 Å². The molecular weight excluding hydrogens is 530 g/mol. The Morgan fingerprint density at radius 3 is 2.10 bits per heavy atom. The lowest BCUT2D eigenvalue weighted by molar-refractivity contribution is 0.0619. The van der Waals surface area contributed by atoms with E-state index >= 15 is 0 Å². The smallest absolute Gasteiger partial charge is 0.270 e. The molecule has 0 N–H and O–H groups in total. The molecule has 1 saturated heterocycles. The summed E-state index contributed by atoms with van der Waals surface area (Å²) >= 11 is 1.70. The standard InChI is InChI=1S/C34H35N3O3S/c1-39-29-14-12-27(13-15-29)23-37-31-20-30(25-40-24-28-10-6-3-7-11-28)41-33(31)21-32(37)34(38)36-18-16-35(17-19-36)22-26-8-4-2-5-9-26/h2-15,20-21H,16-19,22-25H2,1H3. The number of aromatic nitrogens is 1. The molecule has 0 unspecified atom stereocenters. The van der Waals surface area contributed by atoms with Crippen LogP contribution in [-0.4, -0.2) is 53.6 Å². The molecule has 3 heterocycles. The summed E-state index contributed by atoms with van der Waals surface area (Å²) in [5, 5.41) is 0. The quantitative estimate of drug-likeness (QED) is 0.196. The summed E-state index contributed by atoms with van der Waals surface area (Å²) in [6, 6.07) is 33.1. The molecule has 3 aromatic carbocycles. The van der Waals surface area contributed by atoms with E-state index in [4.69, 9.17) is 9.47 Å². The van der Waals surface area contributed by atoms with E-state index in [9.17, 15) is 4.79 Å². The lowest BCUT2D eigenvalue weighted by Crippen LogP contribution is -2.48. The van der Waals surface area contributed by atoms with Crippen LogP contribution in [-0.2, 0) is 31.0 Å². The Hall–Kier alpha value is -3.91. The van der Waals surface area contributed by atoms with Crippen LogP contribution in [0.15, 0.2) is 97.1 Å². The average molecular weight is 566 g/mol. The number of ether oxygens (including phenoxy) is 2. The lowest BCUT2D eigenvalue weighted by atomic mass is 10.2. The number of hydrogen-bond acceptors (Lipinski definition) is 5. The lowest BCUT2D eigenvalue weighted by Gasteiger charge is -2.35. The van der Waals surface area contributed by atoms with Crippen LogP contribution in [0.25, 0.3) is 10.2 Å². The molecule has 6 rings (SSSR count). The second-order valence-corrected chi connectivity index (χ2v) is 11.6. The molecule has 2 aromatic heterocycles. The summed E-state index contributed by atoms with van der Waals surface area (Å²) in [5.74, 6) is 0.924. The van der Waals surface area contributed by atoms with Crippen molar-refractivity contribution in [3.05, 3.63) is 124 Å². The first kappa shape index (κ1) is 27.3. The molecule has 5 aromatic rings. The average Bonchev–Trinajstić information content (AvgIpc) is 3.57. The van der Waals surface area contributed by atoms with Gasteiger partial charge in [0.25, 0.3) is 5.91 Å². The van der Waals surface area contributed by atoms with Crippen LogP contribution in [0.4, 0.5) is 0 Å². The number of nitrogens with zero attached hydrogens (tertiary/aromatic N) is 3. The number of rotatable bonds is 10. The molecule has 0 spiro atoms. The fourth-order valence-electron chi connectivity index (χ4n) is 5.38. The van der Waals surface area contributed by atoms with E-state index in [1.165, 1.54) is 5.56 Å². The van der Waals surface area contributed by atoms with Gasteiger partial charge in [0.05, 0.1) is 30.5 Å². The largest absolute Gasteiger partial charge is 0.497 e. The Labute approximate surface area is 245 Å². The Kier molecular flexibility index (Phi) is 8.46. The minimum atomic E-state index is 0.100. The van der Waals surface area contributed by atoms with Crippen molar-refractivity contribution in [3.8, 4) is 5.75 Å². The zero-order valence-electron chi connectivity index (χ0n) is 23.4. The van der Waals surface area contributed by atoms with E-state index in [1.54, 1.807) is 18.4 Å². The normalized spacial score (nSPS) is 14.0. The van der Waals surface area contributed by atoms with Crippen LogP contribution >= 0.6 is 11.3 Å². The predicted molar refractivity (Wildman–Crippen MR) is 164 cm³/mol. The van der Waals surface area contributed by atoms with Crippen molar-refractivity contribution in [2.75, 3.05) is 33.3 Å². The zero-order chi connectivity index (χ0) is 28.0. The minimum Gasteiger partial charge on any atom is -0.497 e. The first-order chi connectivity index (χ1) is 20.2. The predicted octanol–water partition coefficient (Wildman–Crippen LogP) is 6.43. The molecular formula is C34H35N3O3S. The molecule has 1 amide bonds. The van der Waals surface area contributed by atoms with Crippen molar-refractivity contribution >= 4 is 27.5 Å². The highest BCUT2D eigenvalue weighted by Crippen LogP contribution is 2.32. The number of piperazine rings is 1. The van der Waals surface area contributed by atoms with E-state index in [1.807, 2.05) is 41.3 Å². The third-order valence-electron chi connectivity index (χ3n) is 7.62. The maximum absolute atomic E-state index is 13.9. The highest BCUT2D eigenvalue weighted by Gasteiger charge is 2.26. The van der Waals surface area contributed by atoms with E-state index < -0.39 is 0 Å². The van der Waals surface area contributed by atoms with Crippen LogP contribution in [0.2, 0.25) is 0 Å². The van der Waals surface area contributed by atoms with E-state index in [-0.39, 0.29) is 5.91 Å². The SMILES string of the molecule is COc1ccc(Cn2c(C(=O)N3CCN(Cc4ccccc4)CC3)cc3sc(COCc4ccccc4)cc32)cc1. The molecule has 1 aliphatic heterocycles. The first-order valence-electron chi connectivity index (χ1n) is 14.1. The molecule has 0 bridgehead atoms. The maximum atomic E-state index is 13.9. The molecule has 41 heavy (non-hydrogen) atoms. The van der Waals surface area contributed by atoms with Gasteiger partial charge in [-0.1, -0.05) is 72.8 Å². The summed E-state index contributed by atoms with van der Waals surface area (Å²) in [6.45, 7) is 5.86. The molecule has 0 radical (unpaired) electrons. The van der Waals surface area contributed by atoms with E-state index in [0.29, 0.717) is 19.8 Å². The van der Waals surface area contributed by atoms with Crippen molar-refractivity contribution in [1.82, 2.24) is 14.4 Å². The number of methoxy groups -OCH3 is 1. The molecule has 6 nitrogen and oxygen atoms in total. The highest BCUT2D eigenvalue weighted by atomic mass is 32.1. The highest BCUT2D eigenvalue weighted by molar-refractivity contribution is 7.19. The van der Waals surface area contributed by atoms with Gasteiger partial charge in [0.15, 0.2) is 0 Å². The Morgan fingerprint density at radius 1 is 0.756 bits per heavy atom. The third kappa shape index (κ3) is 6.54.